The maximum Gasteiger partial charge on any atom is 0.253 e. The number of amides is 1. The summed E-state index contributed by atoms with van der Waals surface area (Å²) in [6, 6.07) is 4.33. The zero-order chi connectivity index (χ0) is 13.7. The predicted molar refractivity (Wildman–Crippen MR) is 71.6 cm³/mol. The van der Waals surface area contributed by atoms with E-state index in [1.54, 1.807) is 14.2 Å². The van der Waals surface area contributed by atoms with Gasteiger partial charge in [-0.05, 0) is 18.2 Å². The summed E-state index contributed by atoms with van der Waals surface area (Å²) in [7, 11) is 3.20. The number of methoxy groups -OCH3 is 1. The Kier molecular flexibility index (Phi) is 5.72. The van der Waals surface area contributed by atoms with E-state index in [1.807, 2.05) is 0 Å². The van der Waals surface area contributed by atoms with Gasteiger partial charge in [-0.25, -0.2) is 0 Å². The highest BCUT2D eigenvalue weighted by Crippen LogP contribution is 2.24. The van der Waals surface area contributed by atoms with Crippen molar-refractivity contribution >= 4 is 29.1 Å². The van der Waals surface area contributed by atoms with Crippen LogP contribution in [0.1, 0.15) is 10.4 Å². The number of phenolic OH excluding ortho intramolecular Hbond substituents is 1. The van der Waals surface area contributed by atoms with E-state index >= 15 is 0 Å². The van der Waals surface area contributed by atoms with Crippen molar-refractivity contribution in [1.82, 2.24) is 4.90 Å². The molecule has 18 heavy (non-hydrogen) atoms. The molecule has 1 aromatic carbocycles. The summed E-state index contributed by atoms with van der Waals surface area (Å²) >= 11 is 11.7. The zero-order valence-electron chi connectivity index (χ0n) is 10.2. The lowest BCUT2D eigenvalue weighted by molar-refractivity contribution is 0.0781. The second kappa shape index (κ2) is 6.83. The molecule has 4 nitrogen and oxygen atoms in total. The lowest BCUT2D eigenvalue weighted by atomic mass is 10.2. The maximum absolute atomic E-state index is 12.0. The molecule has 0 saturated heterocycles. The molecule has 1 N–H and O–H groups in total. The van der Waals surface area contributed by atoms with E-state index in [0.717, 1.165) is 0 Å². The minimum absolute atomic E-state index is 0.0505. The van der Waals surface area contributed by atoms with Crippen molar-refractivity contribution in [1.29, 1.82) is 0 Å². The molecule has 0 aliphatic rings. The maximum atomic E-state index is 12.0. The number of hydrogen-bond donors (Lipinski definition) is 1. The standard InChI is InChI=1S/C12H15Cl2NO3/c1-15(6-9(13)7-18-2)12(17)8-3-4-11(16)10(14)5-8/h3-5,9,16H,6-7H2,1-2H3. The van der Waals surface area contributed by atoms with Crippen molar-refractivity contribution in [2.45, 2.75) is 5.38 Å². The van der Waals surface area contributed by atoms with Gasteiger partial charge in [0, 0.05) is 26.3 Å². The zero-order valence-corrected chi connectivity index (χ0v) is 11.7. The van der Waals surface area contributed by atoms with Crippen molar-refractivity contribution in [3.63, 3.8) is 0 Å². The molecule has 0 fully saturated rings. The van der Waals surface area contributed by atoms with Crippen molar-refractivity contribution < 1.29 is 14.6 Å². The fourth-order valence-electron chi connectivity index (χ4n) is 1.47. The molecule has 0 bridgehead atoms. The second-order valence-corrected chi connectivity index (χ2v) is 4.93. The van der Waals surface area contributed by atoms with Crippen LogP contribution in [0.5, 0.6) is 5.75 Å². The number of ether oxygens (including phenoxy) is 1. The van der Waals surface area contributed by atoms with E-state index in [2.05, 4.69) is 0 Å². The van der Waals surface area contributed by atoms with Crippen LogP contribution in [0.15, 0.2) is 18.2 Å². The monoisotopic (exact) mass is 291 g/mol. The van der Waals surface area contributed by atoms with Crippen LogP contribution in [-0.4, -0.2) is 48.6 Å². The van der Waals surface area contributed by atoms with Gasteiger partial charge >= 0.3 is 0 Å². The Hall–Kier alpha value is -0.970. The van der Waals surface area contributed by atoms with Crippen molar-refractivity contribution in [2.24, 2.45) is 0 Å². The molecule has 0 saturated carbocycles. The van der Waals surface area contributed by atoms with Crippen LogP contribution < -0.4 is 0 Å². The van der Waals surface area contributed by atoms with Crippen LogP contribution in [0.3, 0.4) is 0 Å². The highest BCUT2D eigenvalue weighted by atomic mass is 35.5. The second-order valence-electron chi connectivity index (χ2n) is 3.90. The van der Waals surface area contributed by atoms with E-state index in [0.29, 0.717) is 18.7 Å². The molecule has 6 heteroatoms. The summed E-state index contributed by atoms with van der Waals surface area (Å²) in [6.07, 6.45) is 0. The topological polar surface area (TPSA) is 49.8 Å². The minimum Gasteiger partial charge on any atom is -0.506 e. The van der Waals surface area contributed by atoms with Crippen molar-refractivity contribution in [3.8, 4) is 5.75 Å². The largest absolute Gasteiger partial charge is 0.506 e. The summed E-state index contributed by atoms with van der Waals surface area (Å²) in [5, 5.41) is 9.16. The molecule has 1 unspecified atom stereocenters. The van der Waals surface area contributed by atoms with Crippen LogP contribution >= 0.6 is 23.2 Å². The number of carbonyl (C=O) groups is 1. The van der Waals surface area contributed by atoms with Gasteiger partial charge < -0.3 is 14.7 Å². The molecule has 100 valence electrons. The lowest BCUT2D eigenvalue weighted by Gasteiger charge is -2.20. The first kappa shape index (κ1) is 15.1. The molecule has 0 aliphatic heterocycles. The number of rotatable bonds is 5. The molecule has 1 atom stereocenters. The lowest BCUT2D eigenvalue weighted by Crippen LogP contribution is -2.33. The summed E-state index contributed by atoms with van der Waals surface area (Å²) in [4.78, 5) is 13.5. The normalized spacial score (nSPS) is 12.2. The highest BCUT2D eigenvalue weighted by molar-refractivity contribution is 6.32. The van der Waals surface area contributed by atoms with Crippen LogP contribution in [0.4, 0.5) is 0 Å². The average molecular weight is 292 g/mol. The van der Waals surface area contributed by atoms with Gasteiger partial charge in [0.25, 0.3) is 5.91 Å². The van der Waals surface area contributed by atoms with E-state index < -0.39 is 0 Å². The number of halogens is 2. The summed E-state index contributed by atoms with van der Waals surface area (Å²) in [5.74, 6) is -0.260. The third kappa shape index (κ3) is 4.05. The third-order valence-corrected chi connectivity index (χ3v) is 2.93. The number of hydrogen-bond acceptors (Lipinski definition) is 3. The molecule has 0 aliphatic carbocycles. The van der Waals surface area contributed by atoms with Gasteiger partial charge in [-0.2, -0.15) is 0 Å². The fourth-order valence-corrected chi connectivity index (χ4v) is 1.99. The van der Waals surface area contributed by atoms with Gasteiger partial charge in [-0.1, -0.05) is 11.6 Å². The Morgan fingerprint density at radius 1 is 1.56 bits per heavy atom. The van der Waals surface area contributed by atoms with Gasteiger partial charge in [-0.15, -0.1) is 11.6 Å². The Labute approximate surface area is 116 Å². The smallest absolute Gasteiger partial charge is 0.253 e. The van der Waals surface area contributed by atoms with Crippen molar-refractivity contribution in [3.05, 3.63) is 28.8 Å². The van der Waals surface area contributed by atoms with E-state index in [9.17, 15) is 9.90 Å². The van der Waals surface area contributed by atoms with E-state index in [4.69, 9.17) is 27.9 Å². The molecular weight excluding hydrogens is 277 g/mol. The highest BCUT2D eigenvalue weighted by Gasteiger charge is 2.16. The molecule has 1 aromatic rings. The molecule has 0 radical (unpaired) electrons. The van der Waals surface area contributed by atoms with Crippen LogP contribution in [0.2, 0.25) is 5.02 Å². The number of alkyl halides is 1. The molecule has 1 rings (SSSR count). The molecule has 1 amide bonds. The van der Waals surface area contributed by atoms with Crippen LogP contribution in [-0.2, 0) is 4.74 Å². The SMILES string of the molecule is COCC(Cl)CN(C)C(=O)c1ccc(O)c(Cl)c1. The molecule has 0 heterocycles. The molecular formula is C12H15Cl2NO3. The van der Waals surface area contributed by atoms with Gasteiger partial charge in [0.15, 0.2) is 0 Å². The fraction of sp³-hybridized carbons (Fsp3) is 0.417. The Morgan fingerprint density at radius 3 is 2.78 bits per heavy atom. The van der Waals surface area contributed by atoms with Crippen molar-refractivity contribution in [2.75, 3.05) is 27.3 Å². The number of phenols is 1. The van der Waals surface area contributed by atoms with Gasteiger partial charge in [0.2, 0.25) is 0 Å². The number of aromatic hydroxyl groups is 1. The van der Waals surface area contributed by atoms with Gasteiger partial charge in [0.1, 0.15) is 5.75 Å². The summed E-state index contributed by atoms with van der Waals surface area (Å²) in [6.45, 7) is 0.738. The van der Waals surface area contributed by atoms with E-state index in [-0.39, 0.29) is 22.1 Å². The van der Waals surface area contributed by atoms with Crippen LogP contribution in [0.25, 0.3) is 0 Å². The first-order valence-corrected chi connectivity index (χ1v) is 6.14. The third-order valence-electron chi connectivity index (χ3n) is 2.36. The Bertz CT molecular complexity index is 426. The van der Waals surface area contributed by atoms with Crippen LogP contribution in [0, 0.1) is 0 Å². The predicted octanol–water partition coefficient (Wildman–Crippen LogP) is 2.37. The number of nitrogens with zero attached hydrogens (tertiary/aromatic N) is 1. The number of benzene rings is 1. The van der Waals surface area contributed by atoms with E-state index in [1.165, 1.54) is 23.1 Å². The molecule has 0 aromatic heterocycles. The average Bonchev–Trinajstić information content (AvgIpc) is 2.32. The first-order valence-electron chi connectivity index (χ1n) is 5.32. The van der Waals surface area contributed by atoms with Gasteiger partial charge in [0.05, 0.1) is 17.0 Å². The molecule has 0 spiro atoms. The summed E-state index contributed by atoms with van der Waals surface area (Å²) < 4.78 is 4.90. The number of carbonyl (C=O) groups excluding carboxylic acids is 1. The quantitative estimate of drug-likeness (QED) is 0.848. The van der Waals surface area contributed by atoms with Gasteiger partial charge in [-0.3, -0.25) is 4.79 Å². The Balaban J connectivity index is 2.71. The first-order chi connectivity index (χ1) is 8.45. The Morgan fingerprint density at radius 2 is 2.22 bits per heavy atom. The minimum atomic E-state index is -0.267. The summed E-state index contributed by atoms with van der Waals surface area (Å²) in [5.41, 5.74) is 0.404.